The molecule has 0 spiro atoms. The minimum Gasteiger partial charge on any atom is -0.443 e. The quantitative estimate of drug-likeness (QED) is 0.739. The number of carbonyl (C=O) groups is 2. The van der Waals surface area contributed by atoms with Crippen LogP contribution >= 0.6 is 0 Å². The van der Waals surface area contributed by atoms with E-state index >= 15 is 0 Å². The summed E-state index contributed by atoms with van der Waals surface area (Å²) in [6.07, 6.45) is 2.08. The summed E-state index contributed by atoms with van der Waals surface area (Å²) in [4.78, 5) is 24.4. The molecule has 0 unspecified atom stereocenters. The smallest absolute Gasteiger partial charge is 0.416 e. The van der Waals surface area contributed by atoms with Gasteiger partial charge in [0.05, 0.1) is 0 Å². The van der Waals surface area contributed by atoms with E-state index < -0.39 is 11.7 Å². The van der Waals surface area contributed by atoms with Crippen LogP contribution in [0.3, 0.4) is 0 Å². The molecule has 1 heterocycles. The van der Waals surface area contributed by atoms with Gasteiger partial charge in [-0.2, -0.15) is 0 Å². The number of allylic oxidation sites excluding steroid dienone is 2. The Morgan fingerprint density at radius 3 is 2.65 bits per heavy atom. The molecule has 1 aliphatic rings. The van der Waals surface area contributed by atoms with Crippen molar-refractivity contribution in [2.45, 2.75) is 26.4 Å². The molecule has 0 aromatic rings. The van der Waals surface area contributed by atoms with Crippen LogP contribution < -0.4 is 5.32 Å². The monoisotopic (exact) mass is 238 g/mol. The van der Waals surface area contributed by atoms with E-state index in [1.54, 1.807) is 20.8 Å². The average Bonchev–Trinajstić information content (AvgIpc) is 2.63. The first-order valence-corrected chi connectivity index (χ1v) is 5.46. The summed E-state index contributed by atoms with van der Waals surface area (Å²) in [5.74, 6) is 0.215. The minimum atomic E-state index is -0.548. The first-order chi connectivity index (χ1) is 7.83. The third kappa shape index (κ3) is 3.94. The zero-order valence-corrected chi connectivity index (χ0v) is 10.4. The van der Waals surface area contributed by atoms with Gasteiger partial charge in [0, 0.05) is 19.2 Å². The van der Waals surface area contributed by atoms with Gasteiger partial charge in [0.1, 0.15) is 11.4 Å². The third-order valence-corrected chi connectivity index (χ3v) is 2.03. The summed E-state index contributed by atoms with van der Waals surface area (Å²) >= 11 is 0. The molecule has 0 saturated carbocycles. The predicted octanol–water partition coefficient (Wildman–Crippen LogP) is 1.42. The molecule has 1 rings (SSSR count). The Labute approximate surface area is 101 Å². The number of nitrogens with one attached hydrogen (secondary N) is 1. The molecule has 1 N–H and O–H groups in total. The van der Waals surface area contributed by atoms with Crippen LogP contribution in [0, 0.1) is 0 Å². The van der Waals surface area contributed by atoms with Crippen LogP contribution in [0.5, 0.6) is 0 Å². The van der Waals surface area contributed by atoms with Crippen molar-refractivity contribution < 1.29 is 14.3 Å². The fraction of sp³-hybridized carbons (Fsp3) is 0.500. The van der Waals surface area contributed by atoms with Crippen molar-refractivity contribution in [3.63, 3.8) is 0 Å². The molecule has 0 bridgehead atoms. The number of hydrogen-bond donors (Lipinski definition) is 1. The highest BCUT2D eigenvalue weighted by Gasteiger charge is 2.28. The molecular formula is C12H18N2O3. The van der Waals surface area contributed by atoms with Crippen molar-refractivity contribution in [1.29, 1.82) is 0 Å². The number of ketones is 1. The highest BCUT2D eigenvalue weighted by atomic mass is 16.6. The summed E-state index contributed by atoms with van der Waals surface area (Å²) in [7, 11) is 0. The fourth-order valence-electron chi connectivity index (χ4n) is 1.34. The van der Waals surface area contributed by atoms with Gasteiger partial charge in [-0.15, -0.1) is 0 Å². The van der Waals surface area contributed by atoms with E-state index in [0.29, 0.717) is 18.9 Å². The Bertz CT molecular complexity index is 366. The summed E-state index contributed by atoms with van der Waals surface area (Å²) < 4.78 is 5.24. The Morgan fingerprint density at radius 1 is 1.47 bits per heavy atom. The van der Waals surface area contributed by atoms with Gasteiger partial charge in [0.15, 0.2) is 5.78 Å². The summed E-state index contributed by atoms with van der Waals surface area (Å²) in [6.45, 7) is 9.87. The lowest BCUT2D eigenvalue weighted by Crippen LogP contribution is -2.35. The third-order valence-electron chi connectivity index (χ3n) is 2.03. The van der Waals surface area contributed by atoms with E-state index in [1.807, 2.05) is 0 Å². The molecule has 1 amide bonds. The van der Waals surface area contributed by atoms with Crippen molar-refractivity contribution >= 4 is 11.9 Å². The van der Waals surface area contributed by atoms with Crippen LogP contribution in [0.1, 0.15) is 20.8 Å². The lowest BCUT2D eigenvalue weighted by Gasteiger charge is -2.24. The molecular weight excluding hydrogens is 220 g/mol. The Kier molecular flexibility index (Phi) is 3.93. The van der Waals surface area contributed by atoms with Gasteiger partial charge in [-0.1, -0.05) is 6.58 Å². The number of nitrogens with zero attached hydrogens (tertiary/aromatic N) is 1. The minimum absolute atomic E-state index is 0.247. The summed E-state index contributed by atoms with van der Waals surface area (Å²) in [5, 5.41) is 2.96. The Balaban J connectivity index is 2.76. The van der Waals surface area contributed by atoms with Gasteiger partial charge in [-0.3, -0.25) is 9.69 Å². The number of ether oxygens (including phenoxy) is 1. The molecule has 5 nitrogen and oxygen atoms in total. The molecule has 0 radical (unpaired) electrons. The number of amides is 1. The van der Waals surface area contributed by atoms with Crippen molar-refractivity contribution in [3.05, 3.63) is 24.6 Å². The van der Waals surface area contributed by atoms with Gasteiger partial charge >= 0.3 is 6.09 Å². The maximum Gasteiger partial charge on any atom is 0.416 e. The van der Waals surface area contributed by atoms with Gasteiger partial charge in [0.2, 0.25) is 0 Å². The topological polar surface area (TPSA) is 58.6 Å². The number of rotatable bonds is 2. The first kappa shape index (κ1) is 13.3. The van der Waals surface area contributed by atoms with Crippen LogP contribution in [-0.4, -0.2) is 35.5 Å². The van der Waals surface area contributed by atoms with Crippen molar-refractivity contribution in [1.82, 2.24) is 10.2 Å². The van der Waals surface area contributed by atoms with Gasteiger partial charge < -0.3 is 10.1 Å². The van der Waals surface area contributed by atoms with Gasteiger partial charge in [-0.25, -0.2) is 4.79 Å². The molecule has 1 aliphatic heterocycles. The van der Waals surface area contributed by atoms with E-state index in [0.717, 1.165) is 0 Å². The van der Waals surface area contributed by atoms with Crippen LogP contribution in [-0.2, 0) is 9.53 Å². The standard InChI is InChI=1S/C12H18N2O3/c1-5-9(15)8-10-13-6-7-14(10)11(16)17-12(2,3)4/h5,8,13H,1,6-7H2,2-4H3/b10-8+. The normalized spacial score (nSPS) is 17.8. The maximum atomic E-state index is 11.8. The van der Waals surface area contributed by atoms with E-state index in [-0.39, 0.29) is 5.78 Å². The summed E-state index contributed by atoms with van der Waals surface area (Å²) in [5.41, 5.74) is -0.548. The largest absolute Gasteiger partial charge is 0.443 e. The Morgan fingerprint density at radius 2 is 2.12 bits per heavy atom. The zero-order chi connectivity index (χ0) is 13.1. The SMILES string of the molecule is C=CC(=O)/C=C1\NCCN1C(=O)OC(C)(C)C. The second-order valence-electron chi connectivity index (χ2n) is 4.69. The molecule has 1 fully saturated rings. The second kappa shape index (κ2) is 5.03. The van der Waals surface area contributed by atoms with E-state index in [4.69, 9.17) is 4.74 Å². The van der Waals surface area contributed by atoms with Gasteiger partial charge in [0.25, 0.3) is 0 Å². The molecule has 0 atom stereocenters. The van der Waals surface area contributed by atoms with Crippen LogP contribution in [0.25, 0.3) is 0 Å². The predicted molar refractivity (Wildman–Crippen MR) is 64.2 cm³/mol. The summed E-state index contributed by atoms with van der Waals surface area (Å²) in [6, 6.07) is 0. The van der Waals surface area contributed by atoms with E-state index in [2.05, 4.69) is 11.9 Å². The van der Waals surface area contributed by atoms with Gasteiger partial charge in [-0.05, 0) is 26.8 Å². The molecule has 17 heavy (non-hydrogen) atoms. The zero-order valence-electron chi connectivity index (χ0n) is 10.4. The lowest BCUT2D eigenvalue weighted by molar-refractivity contribution is -0.110. The second-order valence-corrected chi connectivity index (χ2v) is 4.69. The maximum absolute atomic E-state index is 11.8. The first-order valence-electron chi connectivity index (χ1n) is 5.46. The fourth-order valence-corrected chi connectivity index (χ4v) is 1.34. The molecule has 0 aromatic heterocycles. The molecule has 94 valence electrons. The number of carbonyl (C=O) groups excluding carboxylic acids is 2. The van der Waals surface area contributed by atoms with Crippen LogP contribution in [0.15, 0.2) is 24.6 Å². The highest BCUT2D eigenvalue weighted by Crippen LogP contribution is 2.15. The van der Waals surface area contributed by atoms with Crippen LogP contribution in [0.4, 0.5) is 4.79 Å². The molecule has 5 heteroatoms. The molecule has 0 aromatic carbocycles. The van der Waals surface area contributed by atoms with E-state index in [1.165, 1.54) is 17.1 Å². The van der Waals surface area contributed by atoms with Crippen LogP contribution in [0.2, 0.25) is 0 Å². The van der Waals surface area contributed by atoms with Crippen molar-refractivity contribution in [2.75, 3.05) is 13.1 Å². The highest BCUT2D eigenvalue weighted by molar-refractivity contribution is 5.99. The lowest BCUT2D eigenvalue weighted by atomic mass is 10.2. The average molecular weight is 238 g/mol. The van der Waals surface area contributed by atoms with E-state index in [9.17, 15) is 9.59 Å². The van der Waals surface area contributed by atoms with Crippen molar-refractivity contribution in [3.8, 4) is 0 Å². The Hall–Kier alpha value is -1.78. The van der Waals surface area contributed by atoms with Crippen molar-refractivity contribution in [2.24, 2.45) is 0 Å². The molecule has 0 aliphatic carbocycles. The molecule has 1 saturated heterocycles. The number of hydrogen-bond acceptors (Lipinski definition) is 4.